The van der Waals surface area contributed by atoms with E-state index in [9.17, 15) is 4.79 Å². The van der Waals surface area contributed by atoms with Crippen molar-refractivity contribution < 1.29 is 0 Å². The first-order valence-electron chi connectivity index (χ1n) is 5.98. The first-order chi connectivity index (χ1) is 8.33. The zero-order chi connectivity index (χ0) is 11.7. The summed E-state index contributed by atoms with van der Waals surface area (Å²) in [5.41, 5.74) is 3.04. The van der Waals surface area contributed by atoms with E-state index in [4.69, 9.17) is 0 Å². The Morgan fingerprint density at radius 3 is 2.82 bits per heavy atom. The van der Waals surface area contributed by atoms with Crippen molar-refractivity contribution in [2.24, 2.45) is 0 Å². The van der Waals surface area contributed by atoms with Gasteiger partial charge in [0.25, 0.3) is 5.56 Å². The lowest BCUT2D eigenvalue weighted by Gasteiger charge is -2.26. The average molecular weight is 226 g/mol. The second-order valence-corrected chi connectivity index (χ2v) is 4.55. The Labute approximate surface area is 99.5 Å². The van der Waals surface area contributed by atoms with Gasteiger partial charge >= 0.3 is 0 Å². The quantitative estimate of drug-likeness (QED) is 0.855. The molecule has 0 spiro atoms. The molecule has 0 atom stereocenters. The van der Waals surface area contributed by atoms with Crippen LogP contribution in [0.25, 0.3) is 11.3 Å². The van der Waals surface area contributed by atoms with Crippen molar-refractivity contribution >= 4 is 0 Å². The van der Waals surface area contributed by atoms with E-state index in [1.54, 1.807) is 6.07 Å². The van der Waals surface area contributed by atoms with Gasteiger partial charge < -0.3 is 4.98 Å². The molecule has 17 heavy (non-hydrogen) atoms. The maximum absolute atomic E-state index is 11.3. The first-order valence-corrected chi connectivity index (χ1v) is 5.98. The van der Waals surface area contributed by atoms with Crippen molar-refractivity contribution in [1.82, 2.24) is 9.97 Å². The molecule has 3 nitrogen and oxygen atoms in total. The molecule has 1 aliphatic carbocycles. The topological polar surface area (TPSA) is 45.8 Å². The largest absolute Gasteiger partial charge is 0.313 e. The highest BCUT2D eigenvalue weighted by Gasteiger charge is 2.19. The first kappa shape index (κ1) is 10.3. The van der Waals surface area contributed by atoms with Crippen LogP contribution in [0.5, 0.6) is 0 Å². The third kappa shape index (κ3) is 2.00. The highest BCUT2D eigenvalue weighted by atomic mass is 16.1. The zero-order valence-corrected chi connectivity index (χ0v) is 9.52. The molecule has 1 aromatic heterocycles. The summed E-state index contributed by atoms with van der Waals surface area (Å²) >= 11 is 0. The van der Waals surface area contributed by atoms with Gasteiger partial charge in [0.1, 0.15) is 0 Å². The summed E-state index contributed by atoms with van der Waals surface area (Å²) in [7, 11) is 0. The summed E-state index contributed by atoms with van der Waals surface area (Å²) in [5.74, 6) is 0.706. The van der Waals surface area contributed by atoms with Gasteiger partial charge in [0.15, 0.2) is 0 Å². The standard InChI is InChI=1S/C14H14N2O/c17-14-8-13(15-9-16-14)12-6-2-5-11(7-12)10-3-1-4-10/h2,5-10H,1,3-4H2,(H,15,16,17). The van der Waals surface area contributed by atoms with Gasteiger partial charge in [0.05, 0.1) is 12.0 Å². The Morgan fingerprint density at radius 1 is 1.24 bits per heavy atom. The predicted octanol–water partition coefficient (Wildman–Crippen LogP) is 2.70. The summed E-state index contributed by atoms with van der Waals surface area (Å²) in [4.78, 5) is 18.0. The smallest absolute Gasteiger partial charge is 0.251 e. The fraction of sp³-hybridized carbons (Fsp3) is 0.286. The van der Waals surface area contributed by atoms with E-state index in [2.05, 4.69) is 22.1 Å². The minimum Gasteiger partial charge on any atom is -0.313 e. The molecule has 0 amide bonds. The molecule has 0 saturated heterocycles. The minimum atomic E-state index is -0.107. The Kier molecular flexibility index (Phi) is 2.52. The van der Waals surface area contributed by atoms with Crippen LogP contribution in [0.4, 0.5) is 0 Å². The molecule has 3 rings (SSSR count). The summed E-state index contributed by atoms with van der Waals surface area (Å²) in [5, 5.41) is 0. The van der Waals surface area contributed by atoms with Crippen molar-refractivity contribution in [2.45, 2.75) is 25.2 Å². The molecular weight excluding hydrogens is 212 g/mol. The number of nitrogens with zero attached hydrogens (tertiary/aromatic N) is 1. The molecule has 1 saturated carbocycles. The molecule has 0 radical (unpaired) electrons. The molecular formula is C14H14N2O. The molecule has 3 heteroatoms. The van der Waals surface area contributed by atoms with Crippen molar-refractivity contribution in [3.8, 4) is 11.3 Å². The van der Waals surface area contributed by atoms with E-state index in [1.807, 2.05) is 12.1 Å². The Balaban J connectivity index is 2.00. The summed E-state index contributed by atoms with van der Waals surface area (Å²) < 4.78 is 0. The molecule has 2 aromatic rings. The molecule has 1 aromatic carbocycles. The van der Waals surface area contributed by atoms with Crippen molar-refractivity contribution in [1.29, 1.82) is 0 Å². The van der Waals surface area contributed by atoms with Gasteiger partial charge in [-0.3, -0.25) is 4.79 Å². The summed E-state index contributed by atoms with van der Waals surface area (Å²) in [6, 6.07) is 9.92. The van der Waals surface area contributed by atoms with E-state index in [-0.39, 0.29) is 5.56 Å². The molecule has 1 N–H and O–H groups in total. The lowest BCUT2D eigenvalue weighted by molar-refractivity contribution is 0.420. The number of hydrogen-bond acceptors (Lipinski definition) is 2. The van der Waals surface area contributed by atoms with E-state index >= 15 is 0 Å². The zero-order valence-electron chi connectivity index (χ0n) is 9.52. The highest BCUT2D eigenvalue weighted by Crippen LogP contribution is 2.37. The van der Waals surface area contributed by atoms with Gasteiger partial charge in [-0.2, -0.15) is 0 Å². The molecule has 1 aliphatic rings. The van der Waals surface area contributed by atoms with E-state index < -0.39 is 0 Å². The number of aromatic amines is 1. The molecule has 0 bridgehead atoms. The van der Waals surface area contributed by atoms with E-state index in [0.29, 0.717) is 5.92 Å². The van der Waals surface area contributed by atoms with Crippen LogP contribution in [-0.4, -0.2) is 9.97 Å². The van der Waals surface area contributed by atoms with Crippen LogP contribution in [0, 0.1) is 0 Å². The Morgan fingerprint density at radius 2 is 2.12 bits per heavy atom. The third-order valence-electron chi connectivity index (χ3n) is 3.44. The average Bonchev–Trinajstić information content (AvgIpc) is 2.27. The molecule has 0 unspecified atom stereocenters. The van der Waals surface area contributed by atoms with Gasteiger partial charge in [-0.1, -0.05) is 24.6 Å². The van der Waals surface area contributed by atoms with Crippen LogP contribution in [0.15, 0.2) is 41.5 Å². The second-order valence-electron chi connectivity index (χ2n) is 4.55. The number of aromatic nitrogens is 2. The van der Waals surface area contributed by atoms with Gasteiger partial charge in [0, 0.05) is 11.6 Å². The Hall–Kier alpha value is -1.90. The number of nitrogens with one attached hydrogen (secondary N) is 1. The van der Waals surface area contributed by atoms with Crippen molar-refractivity contribution in [3.05, 3.63) is 52.6 Å². The van der Waals surface area contributed by atoms with Crippen LogP contribution >= 0.6 is 0 Å². The monoisotopic (exact) mass is 226 g/mol. The van der Waals surface area contributed by atoms with Crippen molar-refractivity contribution in [2.75, 3.05) is 0 Å². The van der Waals surface area contributed by atoms with Crippen LogP contribution in [0.3, 0.4) is 0 Å². The highest BCUT2D eigenvalue weighted by molar-refractivity contribution is 5.59. The number of H-pyrrole nitrogens is 1. The third-order valence-corrected chi connectivity index (χ3v) is 3.44. The number of rotatable bonds is 2. The van der Waals surface area contributed by atoms with Crippen molar-refractivity contribution in [3.63, 3.8) is 0 Å². The van der Waals surface area contributed by atoms with Gasteiger partial charge in [-0.15, -0.1) is 0 Å². The number of hydrogen-bond donors (Lipinski definition) is 1. The summed E-state index contributed by atoms with van der Waals surface area (Å²) in [6.07, 6.45) is 5.35. The lowest BCUT2D eigenvalue weighted by atomic mass is 9.79. The van der Waals surface area contributed by atoms with Crippen LogP contribution in [-0.2, 0) is 0 Å². The fourth-order valence-electron chi connectivity index (χ4n) is 2.22. The lowest BCUT2D eigenvalue weighted by Crippen LogP contribution is -2.09. The van der Waals surface area contributed by atoms with Crippen LogP contribution < -0.4 is 5.56 Å². The molecule has 0 aliphatic heterocycles. The fourth-order valence-corrected chi connectivity index (χ4v) is 2.22. The van der Waals surface area contributed by atoms with Gasteiger partial charge in [0.2, 0.25) is 0 Å². The van der Waals surface area contributed by atoms with E-state index in [1.165, 1.54) is 31.2 Å². The second kappa shape index (κ2) is 4.17. The molecule has 1 heterocycles. The predicted molar refractivity (Wildman–Crippen MR) is 66.9 cm³/mol. The van der Waals surface area contributed by atoms with Crippen LogP contribution in [0.1, 0.15) is 30.7 Å². The number of benzene rings is 1. The van der Waals surface area contributed by atoms with Gasteiger partial charge in [-0.25, -0.2) is 4.98 Å². The maximum atomic E-state index is 11.3. The Bertz CT molecular complexity index is 585. The van der Waals surface area contributed by atoms with Crippen LogP contribution in [0.2, 0.25) is 0 Å². The van der Waals surface area contributed by atoms with E-state index in [0.717, 1.165) is 11.3 Å². The molecule has 1 fully saturated rings. The summed E-state index contributed by atoms with van der Waals surface area (Å²) in [6.45, 7) is 0. The maximum Gasteiger partial charge on any atom is 0.251 e. The molecule has 86 valence electrons. The van der Waals surface area contributed by atoms with Gasteiger partial charge in [-0.05, 0) is 30.4 Å². The normalized spacial score (nSPS) is 15.5. The minimum absolute atomic E-state index is 0.107. The SMILES string of the molecule is O=c1cc(-c2cccc(C3CCC3)c2)nc[nH]1.